The van der Waals surface area contributed by atoms with Crippen LogP contribution in [0.4, 0.5) is 14.9 Å². The zero-order valence-corrected chi connectivity index (χ0v) is 14.2. The molecule has 1 aliphatic heterocycles. The number of halogens is 1. The molecule has 25 heavy (non-hydrogen) atoms. The number of piperidine rings is 1. The number of hydrogen-bond acceptors (Lipinski definition) is 4. The first-order valence-corrected chi connectivity index (χ1v) is 8.70. The van der Waals surface area contributed by atoms with Crippen LogP contribution in [0.3, 0.4) is 0 Å². The van der Waals surface area contributed by atoms with Crippen LogP contribution in [0.25, 0.3) is 0 Å². The van der Waals surface area contributed by atoms with Gasteiger partial charge in [0.15, 0.2) is 5.82 Å². The van der Waals surface area contributed by atoms with Crippen molar-refractivity contribution >= 4 is 11.7 Å². The lowest BCUT2D eigenvalue weighted by atomic mass is 9.94. The number of urea groups is 1. The summed E-state index contributed by atoms with van der Waals surface area (Å²) in [5.74, 6) is 0.904. The van der Waals surface area contributed by atoms with Crippen LogP contribution in [0.1, 0.15) is 48.9 Å². The third kappa shape index (κ3) is 3.23. The summed E-state index contributed by atoms with van der Waals surface area (Å²) < 4.78 is 20.6. The van der Waals surface area contributed by atoms with Crippen molar-refractivity contribution in [2.75, 3.05) is 18.4 Å². The highest BCUT2D eigenvalue weighted by Crippen LogP contribution is 2.40. The fourth-order valence-corrected chi connectivity index (χ4v) is 3.19. The Labute approximate surface area is 145 Å². The predicted molar refractivity (Wildman–Crippen MR) is 90.1 cm³/mol. The van der Waals surface area contributed by atoms with Gasteiger partial charge in [0.05, 0.1) is 6.54 Å². The monoisotopic (exact) mass is 344 g/mol. The fraction of sp³-hybridized carbons (Fsp3) is 0.500. The fourth-order valence-electron chi connectivity index (χ4n) is 3.19. The first-order chi connectivity index (χ1) is 12.0. The molecule has 7 heteroatoms. The Bertz CT molecular complexity index is 789. The minimum Gasteiger partial charge on any atom is -0.336 e. The molecule has 0 spiro atoms. The maximum absolute atomic E-state index is 15.4. The highest BCUT2D eigenvalue weighted by molar-refractivity contribution is 5.90. The molecule has 2 heterocycles. The minimum atomic E-state index is -1.78. The highest BCUT2D eigenvalue weighted by atomic mass is 19.1. The third-order valence-electron chi connectivity index (χ3n) is 4.88. The average Bonchev–Trinajstić information content (AvgIpc) is 3.33. The zero-order valence-electron chi connectivity index (χ0n) is 14.2. The van der Waals surface area contributed by atoms with E-state index in [1.54, 1.807) is 0 Å². The second kappa shape index (κ2) is 6.13. The van der Waals surface area contributed by atoms with Gasteiger partial charge in [-0.05, 0) is 44.2 Å². The van der Waals surface area contributed by atoms with Crippen LogP contribution in [0.15, 0.2) is 28.8 Å². The molecule has 2 amide bonds. The number of nitrogens with zero attached hydrogens (tertiary/aromatic N) is 3. The molecule has 1 aromatic heterocycles. The minimum absolute atomic E-state index is 0.00258. The Balaban J connectivity index is 1.47. The molecule has 4 rings (SSSR count). The average molecular weight is 344 g/mol. The van der Waals surface area contributed by atoms with Gasteiger partial charge in [-0.15, -0.1) is 0 Å². The Morgan fingerprint density at radius 2 is 2.20 bits per heavy atom. The normalized spacial score (nSPS) is 23.5. The van der Waals surface area contributed by atoms with Gasteiger partial charge in [0.1, 0.15) is 0 Å². The summed E-state index contributed by atoms with van der Waals surface area (Å²) in [7, 11) is 0. The van der Waals surface area contributed by atoms with Crippen molar-refractivity contribution in [2.45, 2.75) is 44.2 Å². The van der Waals surface area contributed by atoms with Crippen molar-refractivity contribution in [1.82, 2.24) is 15.0 Å². The molecular weight excluding hydrogens is 323 g/mol. The van der Waals surface area contributed by atoms with Gasteiger partial charge in [-0.1, -0.05) is 23.4 Å². The Hall–Kier alpha value is -2.44. The van der Waals surface area contributed by atoms with E-state index in [-0.39, 0.29) is 24.9 Å². The molecule has 1 aromatic carbocycles. The molecule has 0 bridgehead atoms. The molecule has 2 aliphatic rings. The molecule has 2 fully saturated rings. The summed E-state index contributed by atoms with van der Waals surface area (Å²) in [5, 5.41) is 6.76. The summed E-state index contributed by atoms with van der Waals surface area (Å²) in [5.41, 5.74) is -0.0803. The van der Waals surface area contributed by atoms with Crippen molar-refractivity contribution in [3.05, 3.63) is 41.5 Å². The van der Waals surface area contributed by atoms with E-state index in [0.29, 0.717) is 24.7 Å². The van der Waals surface area contributed by atoms with E-state index in [9.17, 15) is 4.79 Å². The van der Waals surface area contributed by atoms with Crippen LogP contribution in [0.5, 0.6) is 0 Å². The molecular formula is C18H21FN4O2. The number of aryl methyl sites for hydroxylation is 1. The number of alkyl halides is 1. The SMILES string of the molecule is Cc1ccccc1NC(=O)N1CCCC(F)(c2nc(C3CC3)no2)C1. The number of para-hydroxylation sites is 1. The van der Waals surface area contributed by atoms with E-state index in [2.05, 4.69) is 15.5 Å². The molecule has 1 atom stereocenters. The number of benzene rings is 1. The quantitative estimate of drug-likeness (QED) is 0.920. The molecule has 1 N–H and O–H groups in total. The largest absolute Gasteiger partial charge is 0.336 e. The summed E-state index contributed by atoms with van der Waals surface area (Å²) >= 11 is 0. The third-order valence-corrected chi connectivity index (χ3v) is 4.88. The standard InChI is InChI=1S/C18H21FN4O2/c1-12-5-2-3-6-14(12)20-17(24)23-10-4-9-18(19,11-23)16-21-15(22-25-16)13-7-8-13/h2-3,5-6,13H,4,7-11H2,1H3,(H,20,24). The lowest BCUT2D eigenvalue weighted by molar-refractivity contribution is 0.0333. The van der Waals surface area contributed by atoms with Crippen molar-refractivity contribution in [3.63, 3.8) is 0 Å². The van der Waals surface area contributed by atoms with Gasteiger partial charge in [-0.2, -0.15) is 4.98 Å². The highest BCUT2D eigenvalue weighted by Gasteiger charge is 2.44. The maximum atomic E-state index is 15.4. The van der Waals surface area contributed by atoms with E-state index >= 15 is 4.39 Å². The van der Waals surface area contributed by atoms with E-state index in [1.165, 1.54) is 4.90 Å². The van der Waals surface area contributed by atoms with Crippen LogP contribution >= 0.6 is 0 Å². The maximum Gasteiger partial charge on any atom is 0.321 e. The van der Waals surface area contributed by atoms with Gasteiger partial charge in [0, 0.05) is 18.2 Å². The Morgan fingerprint density at radius 3 is 2.96 bits per heavy atom. The number of anilines is 1. The lowest BCUT2D eigenvalue weighted by Gasteiger charge is -2.35. The second-order valence-electron chi connectivity index (χ2n) is 6.97. The van der Waals surface area contributed by atoms with E-state index in [4.69, 9.17) is 4.52 Å². The van der Waals surface area contributed by atoms with Crippen molar-refractivity contribution in [1.29, 1.82) is 0 Å². The van der Waals surface area contributed by atoms with Gasteiger partial charge in [-0.25, -0.2) is 9.18 Å². The molecule has 2 aromatic rings. The number of hydrogen-bond donors (Lipinski definition) is 1. The van der Waals surface area contributed by atoms with Crippen molar-refractivity contribution in [2.24, 2.45) is 0 Å². The molecule has 1 unspecified atom stereocenters. The van der Waals surface area contributed by atoms with Crippen molar-refractivity contribution in [3.8, 4) is 0 Å². The molecule has 132 valence electrons. The number of amides is 2. The van der Waals surface area contributed by atoms with Crippen LogP contribution in [-0.2, 0) is 5.67 Å². The summed E-state index contributed by atoms with van der Waals surface area (Å²) in [4.78, 5) is 18.3. The number of carbonyl (C=O) groups excluding carboxylic acids is 1. The number of likely N-dealkylation sites (tertiary alicyclic amines) is 1. The first-order valence-electron chi connectivity index (χ1n) is 8.70. The Morgan fingerprint density at radius 1 is 1.40 bits per heavy atom. The molecule has 0 radical (unpaired) electrons. The number of nitrogens with one attached hydrogen (secondary N) is 1. The van der Waals surface area contributed by atoms with Gasteiger partial charge in [0.25, 0.3) is 5.89 Å². The molecule has 6 nitrogen and oxygen atoms in total. The van der Waals surface area contributed by atoms with Crippen LogP contribution in [-0.4, -0.2) is 34.2 Å². The Kier molecular flexibility index (Phi) is 3.94. The topological polar surface area (TPSA) is 71.3 Å². The second-order valence-corrected chi connectivity index (χ2v) is 6.97. The van der Waals surface area contributed by atoms with E-state index < -0.39 is 5.67 Å². The lowest BCUT2D eigenvalue weighted by Crippen LogP contribution is -2.48. The molecule has 1 saturated heterocycles. The van der Waals surface area contributed by atoms with Gasteiger partial charge in [0.2, 0.25) is 5.67 Å². The predicted octanol–water partition coefficient (Wildman–Crippen LogP) is 3.75. The summed E-state index contributed by atoms with van der Waals surface area (Å²) in [6, 6.07) is 7.21. The molecule has 1 aliphatic carbocycles. The smallest absolute Gasteiger partial charge is 0.321 e. The van der Waals surface area contributed by atoms with Gasteiger partial charge < -0.3 is 14.7 Å². The number of aromatic nitrogens is 2. The number of carbonyl (C=O) groups is 1. The van der Waals surface area contributed by atoms with Crippen LogP contribution in [0.2, 0.25) is 0 Å². The summed E-state index contributed by atoms with van der Waals surface area (Å²) in [6.45, 7) is 2.35. The number of rotatable bonds is 3. The van der Waals surface area contributed by atoms with Gasteiger partial charge >= 0.3 is 6.03 Å². The van der Waals surface area contributed by atoms with E-state index in [1.807, 2.05) is 31.2 Å². The van der Waals surface area contributed by atoms with Gasteiger partial charge in [-0.3, -0.25) is 0 Å². The van der Waals surface area contributed by atoms with Crippen LogP contribution in [0, 0.1) is 6.92 Å². The molecule has 1 saturated carbocycles. The van der Waals surface area contributed by atoms with Crippen LogP contribution < -0.4 is 5.32 Å². The van der Waals surface area contributed by atoms with E-state index in [0.717, 1.165) is 24.1 Å². The van der Waals surface area contributed by atoms with Crippen molar-refractivity contribution < 1.29 is 13.7 Å². The first kappa shape index (κ1) is 16.1. The summed E-state index contributed by atoms with van der Waals surface area (Å²) in [6.07, 6.45) is 2.90. The zero-order chi connectivity index (χ0) is 17.4.